The maximum absolute atomic E-state index is 11.3. The first-order valence-electron chi connectivity index (χ1n) is 8.73. The molecule has 0 aliphatic carbocycles. The highest BCUT2D eigenvalue weighted by Crippen LogP contribution is 2.22. The van der Waals surface area contributed by atoms with Crippen LogP contribution in [0.25, 0.3) is 10.9 Å². The minimum absolute atomic E-state index is 0.313. The van der Waals surface area contributed by atoms with Crippen LogP contribution in [0.3, 0.4) is 0 Å². The van der Waals surface area contributed by atoms with E-state index in [-0.39, 0.29) is 0 Å². The van der Waals surface area contributed by atoms with Gasteiger partial charge in [0.15, 0.2) is 6.10 Å². The SMILES string of the molecule is C=CCCC(Oc1cccc(OCc2ccc3ccccc3n2)c1)C(=O)O. The molecule has 27 heavy (non-hydrogen) atoms. The lowest BCUT2D eigenvalue weighted by Gasteiger charge is -2.15. The molecule has 0 saturated carbocycles. The third-order valence-corrected chi connectivity index (χ3v) is 4.04. The van der Waals surface area contributed by atoms with Gasteiger partial charge < -0.3 is 14.6 Å². The molecule has 0 bridgehead atoms. The third-order valence-electron chi connectivity index (χ3n) is 4.04. The van der Waals surface area contributed by atoms with Crippen molar-refractivity contribution in [2.75, 3.05) is 0 Å². The Balaban J connectivity index is 1.65. The molecule has 1 N–H and O–H groups in total. The summed E-state index contributed by atoms with van der Waals surface area (Å²) in [5, 5.41) is 10.3. The Bertz CT molecular complexity index is 938. The second kappa shape index (κ2) is 8.85. The molecule has 3 aromatic rings. The van der Waals surface area contributed by atoms with Gasteiger partial charge in [-0.1, -0.05) is 36.4 Å². The van der Waals surface area contributed by atoms with Crippen LogP contribution in [-0.2, 0) is 11.4 Å². The van der Waals surface area contributed by atoms with Crippen LogP contribution in [0.4, 0.5) is 0 Å². The van der Waals surface area contributed by atoms with Crippen molar-refractivity contribution >= 4 is 16.9 Å². The molecule has 0 fully saturated rings. The van der Waals surface area contributed by atoms with Gasteiger partial charge in [-0.15, -0.1) is 6.58 Å². The Morgan fingerprint density at radius 3 is 2.74 bits per heavy atom. The van der Waals surface area contributed by atoms with E-state index >= 15 is 0 Å². The molecule has 5 heteroatoms. The molecule has 0 aliphatic heterocycles. The zero-order valence-corrected chi connectivity index (χ0v) is 14.9. The van der Waals surface area contributed by atoms with Crippen LogP contribution in [0.5, 0.6) is 11.5 Å². The molecule has 1 unspecified atom stereocenters. The molecule has 0 spiro atoms. The van der Waals surface area contributed by atoms with Gasteiger partial charge in [0.25, 0.3) is 0 Å². The van der Waals surface area contributed by atoms with E-state index in [4.69, 9.17) is 9.47 Å². The minimum Gasteiger partial charge on any atom is -0.487 e. The fourth-order valence-corrected chi connectivity index (χ4v) is 2.65. The van der Waals surface area contributed by atoms with Gasteiger partial charge in [-0.25, -0.2) is 9.78 Å². The number of hydrogen-bond donors (Lipinski definition) is 1. The molecular formula is C22H21NO4. The highest BCUT2D eigenvalue weighted by atomic mass is 16.5. The van der Waals surface area contributed by atoms with Crippen LogP contribution < -0.4 is 9.47 Å². The van der Waals surface area contributed by atoms with E-state index in [2.05, 4.69) is 11.6 Å². The van der Waals surface area contributed by atoms with Gasteiger partial charge in [0.05, 0.1) is 11.2 Å². The second-order valence-electron chi connectivity index (χ2n) is 6.07. The van der Waals surface area contributed by atoms with Crippen molar-refractivity contribution in [3.05, 3.63) is 79.0 Å². The molecule has 1 atom stereocenters. The van der Waals surface area contributed by atoms with Gasteiger partial charge in [0, 0.05) is 11.5 Å². The molecule has 0 aliphatic rings. The van der Waals surface area contributed by atoms with E-state index in [1.54, 1.807) is 30.3 Å². The fraction of sp³-hybridized carbons (Fsp3) is 0.182. The quantitative estimate of drug-likeness (QED) is 0.562. The van der Waals surface area contributed by atoms with Crippen molar-refractivity contribution in [3.8, 4) is 11.5 Å². The summed E-state index contributed by atoms with van der Waals surface area (Å²) in [5.41, 5.74) is 1.73. The third kappa shape index (κ3) is 5.07. The van der Waals surface area contributed by atoms with E-state index in [0.717, 1.165) is 16.6 Å². The number of aromatic nitrogens is 1. The van der Waals surface area contributed by atoms with Crippen LogP contribution in [0.2, 0.25) is 0 Å². The van der Waals surface area contributed by atoms with Gasteiger partial charge in [-0.3, -0.25) is 0 Å². The Kier molecular flexibility index (Phi) is 6.05. The normalized spacial score (nSPS) is 11.7. The standard InChI is InChI=1S/C22H21NO4/c1-2-3-11-21(22(24)25)27-19-9-6-8-18(14-19)26-15-17-13-12-16-7-4-5-10-20(16)23-17/h2,4-10,12-14,21H,1,3,11,15H2,(H,24,25). The van der Waals surface area contributed by atoms with E-state index in [0.29, 0.717) is 30.9 Å². The van der Waals surface area contributed by atoms with Crippen molar-refractivity contribution in [3.63, 3.8) is 0 Å². The van der Waals surface area contributed by atoms with E-state index < -0.39 is 12.1 Å². The monoisotopic (exact) mass is 363 g/mol. The van der Waals surface area contributed by atoms with Gasteiger partial charge in [0.2, 0.25) is 0 Å². The van der Waals surface area contributed by atoms with Crippen molar-refractivity contribution < 1.29 is 19.4 Å². The number of benzene rings is 2. The summed E-state index contributed by atoms with van der Waals surface area (Å²) in [4.78, 5) is 15.9. The summed E-state index contributed by atoms with van der Waals surface area (Å²) in [5.74, 6) is 0.0503. The number of nitrogens with zero attached hydrogens (tertiary/aromatic N) is 1. The van der Waals surface area contributed by atoms with Crippen LogP contribution in [0.1, 0.15) is 18.5 Å². The average molecular weight is 363 g/mol. The van der Waals surface area contributed by atoms with E-state index in [9.17, 15) is 9.90 Å². The molecule has 138 valence electrons. The Hall–Kier alpha value is -3.34. The minimum atomic E-state index is -0.997. The van der Waals surface area contributed by atoms with Crippen LogP contribution in [-0.4, -0.2) is 22.2 Å². The van der Waals surface area contributed by atoms with Crippen molar-refractivity contribution in [2.45, 2.75) is 25.6 Å². The highest BCUT2D eigenvalue weighted by molar-refractivity contribution is 5.78. The van der Waals surface area contributed by atoms with Gasteiger partial charge >= 0.3 is 5.97 Å². The number of ether oxygens (including phenoxy) is 2. The summed E-state index contributed by atoms with van der Waals surface area (Å²) in [6, 6.07) is 18.8. The van der Waals surface area contributed by atoms with Crippen molar-refractivity contribution in [1.29, 1.82) is 0 Å². The number of carboxylic acids is 1. The summed E-state index contributed by atoms with van der Waals surface area (Å²) >= 11 is 0. The Labute approximate surface area is 157 Å². The zero-order chi connectivity index (χ0) is 19.1. The average Bonchev–Trinajstić information content (AvgIpc) is 2.69. The number of allylic oxidation sites excluding steroid dienone is 1. The Morgan fingerprint density at radius 2 is 1.93 bits per heavy atom. The van der Waals surface area contributed by atoms with E-state index in [1.165, 1.54) is 0 Å². The topological polar surface area (TPSA) is 68.7 Å². The summed E-state index contributed by atoms with van der Waals surface area (Å²) in [6.45, 7) is 3.92. The number of carbonyl (C=O) groups is 1. The molecule has 1 heterocycles. The number of pyridine rings is 1. The van der Waals surface area contributed by atoms with Crippen LogP contribution in [0.15, 0.2) is 73.3 Å². The highest BCUT2D eigenvalue weighted by Gasteiger charge is 2.18. The summed E-state index contributed by atoms with van der Waals surface area (Å²) < 4.78 is 11.4. The molecule has 1 aromatic heterocycles. The lowest BCUT2D eigenvalue weighted by molar-refractivity contribution is -0.145. The van der Waals surface area contributed by atoms with Crippen LogP contribution >= 0.6 is 0 Å². The first-order chi connectivity index (χ1) is 13.2. The number of carboxylic acid groups (broad SMARTS) is 1. The summed E-state index contributed by atoms with van der Waals surface area (Å²) in [7, 11) is 0. The smallest absolute Gasteiger partial charge is 0.344 e. The van der Waals surface area contributed by atoms with Gasteiger partial charge in [-0.05, 0) is 37.1 Å². The lowest BCUT2D eigenvalue weighted by Crippen LogP contribution is -2.26. The maximum atomic E-state index is 11.3. The molecule has 0 saturated heterocycles. The zero-order valence-electron chi connectivity index (χ0n) is 14.9. The number of hydrogen-bond acceptors (Lipinski definition) is 4. The van der Waals surface area contributed by atoms with Gasteiger partial charge in [-0.2, -0.15) is 0 Å². The second-order valence-corrected chi connectivity index (χ2v) is 6.07. The molecular weight excluding hydrogens is 342 g/mol. The van der Waals surface area contributed by atoms with Crippen LogP contribution in [0, 0.1) is 0 Å². The first kappa shape index (κ1) is 18.5. The molecule has 2 aromatic carbocycles. The molecule has 5 nitrogen and oxygen atoms in total. The number of rotatable bonds is 9. The Morgan fingerprint density at radius 1 is 1.11 bits per heavy atom. The first-order valence-corrected chi connectivity index (χ1v) is 8.73. The predicted molar refractivity (Wildman–Crippen MR) is 104 cm³/mol. The largest absolute Gasteiger partial charge is 0.487 e. The summed E-state index contributed by atoms with van der Waals surface area (Å²) in [6.07, 6.45) is 1.70. The molecule has 0 radical (unpaired) electrons. The van der Waals surface area contributed by atoms with Gasteiger partial charge in [0.1, 0.15) is 18.1 Å². The maximum Gasteiger partial charge on any atom is 0.344 e. The predicted octanol–water partition coefficient (Wildman–Crippen LogP) is 4.61. The van der Waals surface area contributed by atoms with Crippen molar-refractivity contribution in [1.82, 2.24) is 4.98 Å². The lowest BCUT2D eigenvalue weighted by atomic mass is 10.2. The molecule has 0 amide bonds. The number of fused-ring (bicyclic) bond motifs is 1. The van der Waals surface area contributed by atoms with E-state index in [1.807, 2.05) is 36.4 Å². The number of aliphatic carboxylic acids is 1. The fourth-order valence-electron chi connectivity index (χ4n) is 2.65. The van der Waals surface area contributed by atoms with Crippen molar-refractivity contribution in [2.24, 2.45) is 0 Å². The molecule has 3 rings (SSSR count). The number of para-hydroxylation sites is 1.